The number of hydrogen-bond acceptors (Lipinski definition) is 7. The van der Waals surface area contributed by atoms with Crippen molar-refractivity contribution in [3.8, 4) is 23.0 Å². The van der Waals surface area contributed by atoms with Crippen LogP contribution in [0.15, 0.2) is 63.3 Å². The van der Waals surface area contributed by atoms with E-state index in [2.05, 4.69) is 50.2 Å². The van der Waals surface area contributed by atoms with Gasteiger partial charge in [-0.3, -0.25) is 0 Å². The minimum absolute atomic E-state index is 0.234. The fraction of sp³-hybridized carbons (Fsp3) is 0.190. The molecule has 2 N–H and O–H groups in total. The molecular weight excluding hydrogens is 466 g/mol. The number of imidazole rings is 1. The van der Waals surface area contributed by atoms with Crippen LogP contribution in [0.3, 0.4) is 0 Å². The van der Waals surface area contributed by atoms with E-state index in [4.69, 9.17) is 20.2 Å². The maximum Gasteiger partial charge on any atom is 0.231 e. The molecule has 2 aromatic rings. The highest BCUT2D eigenvalue weighted by atomic mass is 79.9. The van der Waals surface area contributed by atoms with Crippen molar-refractivity contribution in [2.45, 2.75) is 29.4 Å². The Morgan fingerprint density at radius 1 is 1.10 bits per heavy atom. The van der Waals surface area contributed by atoms with Gasteiger partial charge in [0.05, 0.1) is 6.33 Å². The summed E-state index contributed by atoms with van der Waals surface area (Å²) in [5, 5.41) is 0.612. The summed E-state index contributed by atoms with van der Waals surface area (Å²) in [5.41, 5.74) is 8.01. The minimum Gasteiger partial charge on any atom is -0.454 e. The van der Waals surface area contributed by atoms with Crippen LogP contribution in [0.2, 0.25) is 0 Å². The highest BCUT2D eigenvalue weighted by Crippen LogP contribution is 2.43. The maximum absolute atomic E-state index is 6.07. The maximum atomic E-state index is 6.07. The second kappa shape index (κ2) is 8.16. The molecule has 3 heterocycles. The first-order chi connectivity index (χ1) is 14.7. The lowest BCUT2D eigenvalue weighted by Crippen LogP contribution is -2.09. The van der Waals surface area contributed by atoms with Crippen LogP contribution < -0.4 is 15.2 Å². The van der Waals surface area contributed by atoms with E-state index >= 15 is 0 Å². The molecule has 0 aliphatic carbocycles. The van der Waals surface area contributed by atoms with E-state index in [-0.39, 0.29) is 6.79 Å². The third-order valence-electron chi connectivity index (χ3n) is 4.81. The van der Waals surface area contributed by atoms with Crippen molar-refractivity contribution in [1.29, 1.82) is 0 Å². The Morgan fingerprint density at radius 3 is 2.73 bits per heavy atom. The van der Waals surface area contributed by atoms with Gasteiger partial charge in [-0.25, -0.2) is 15.0 Å². The number of nitrogens with zero attached hydrogens (tertiary/aromatic N) is 4. The van der Waals surface area contributed by atoms with Gasteiger partial charge in [0.25, 0.3) is 0 Å². The number of anilines is 1. The van der Waals surface area contributed by atoms with Gasteiger partial charge in [0.1, 0.15) is 0 Å². The summed E-state index contributed by atoms with van der Waals surface area (Å²) in [6, 6.07) is 14.3. The summed E-state index contributed by atoms with van der Waals surface area (Å²) in [4.78, 5) is 14.6. The average Bonchev–Trinajstić information content (AvgIpc) is 3.38. The SMILES string of the molecule is Nc1ncn(CCCc2ccccc2)c2nc(Sc3cc4c(cc3Br)OCO4)nc1-2. The Kier molecular flexibility index (Phi) is 5.22. The van der Waals surface area contributed by atoms with E-state index in [1.54, 1.807) is 6.33 Å². The molecule has 0 saturated heterocycles. The number of aryl methyl sites for hydroxylation is 2. The fourth-order valence-corrected chi connectivity index (χ4v) is 4.67. The van der Waals surface area contributed by atoms with E-state index in [1.807, 2.05) is 22.8 Å². The van der Waals surface area contributed by atoms with Crippen molar-refractivity contribution in [2.24, 2.45) is 0 Å². The minimum atomic E-state index is 0.234. The molecule has 0 radical (unpaired) electrons. The van der Waals surface area contributed by atoms with Crippen molar-refractivity contribution >= 4 is 33.5 Å². The van der Waals surface area contributed by atoms with E-state index in [0.29, 0.717) is 22.4 Å². The summed E-state index contributed by atoms with van der Waals surface area (Å²) >= 11 is 5.03. The summed E-state index contributed by atoms with van der Waals surface area (Å²) in [5.74, 6) is 2.57. The van der Waals surface area contributed by atoms with Crippen LogP contribution in [-0.2, 0) is 13.0 Å². The Hall–Kier alpha value is -2.78. The highest BCUT2D eigenvalue weighted by Gasteiger charge is 2.22. The van der Waals surface area contributed by atoms with Gasteiger partial charge in [0, 0.05) is 15.9 Å². The second-order valence-corrected chi connectivity index (χ2v) is 8.69. The molecular formula is C21H18BrN5O2S. The summed E-state index contributed by atoms with van der Waals surface area (Å²) < 4.78 is 13.8. The molecule has 0 aromatic heterocycles. The smallest absolute Gasteiger partial charge is 0.231 e. The number of fused-ring (bicyclic) bond motifs is 2. The molecule has 2 aromatic carbocycles. The van der Waals surface area contributed by atoms with Crippen LogP contribution in [0.1, 0.15) is 12.0 Å². The number of benzene rings is 2. The molecule has 30 heavy (non-hydrogen) atoms. The summed E-state index contributed by atoms with van der Waals surface area (Å²) in [7, 11) is 0. The Morgan fingerprint density at radius 2 is 1.90 bits per heavy atom. The third kappa shape index (κ3) is 3.82. The standard InChI is InChI=1S/C21H18BrN5O2S/c22-14-9-15-16(29-12-28-15)10-17(14)30-21-25-18-19(23)24-11-27(20(18)26-21)8-4-7-13-5-2-1-3-6-13/h1-3,5-6,9-11H,4,7-8,12,23H2. The number of hydrogen-bond donors (Lipinski definition) is 1. The Balaban J connectivity index is 1.38. The van der Waals surface area contributed by atoms with E-state index in [1.165, 1.54) is 17.3 Å². The number of halogens is 1. The summed E-state index contributed by atoms with van der Waals surface area (Å²) in [6.45, 7) is 1.02. The average molecular weight is 484 g/mol. The molecule has 0 atom stereocenters. The first kappa shape index (κ1) is 19.2. The fourth-order valence-electron chi connectivity index (χ4n) is 3.32. The van der Waals surface area contributed by atoms with Crippen LogP contribution in [0.5, 0.6) is 11.5 Å². The molecule has 0 bridgehead atoms. The van der Waals surface area contributed by atoms with Gasteiger partial charge in [-0.05, 0) is 58.2 Å². The molecule has 5 rings (SSSR count). The summed E-state index contributed by atoms with van der Waals surface area (Å²) in [6.07, 6.45) is 3.69. The zero-order chi connectivity index (χ0) is 20.5. The van der Waals surface area contributed by atoms with E-state index in [0.717, 1.165) is 40.3 Å². The molecule has 7 nitrogen and oxygen atoms in total. The van der Waals surface area contributed by atoms with Gasteiger partial charge < -0.3 is 19.8 Å². The second-order valence-electron chi connectivity index (χ2n) is 6.83. The first-order valence-electron chi connectivity index (χ1n) is 9.46. The van der Waals surface area contributed by atoms with Gasteiger partial charge in [-0.15, -0.1) is 0 Å². The van der Waals surface area contributed by atoms with E-state index < -0.39 is 0 Å². The van der Waals surface area contributed by atoms with Gasteiger partial charge in [-0.1, -0.05) is 30.3 Å². The van der Waals surface area contributed by atoms with Gasteiger partial charge in [0.15, 0.2) is 34.0 Å². The molecule has 0 amide bonds. The number of rotatable bonds is 6. The molecule has 0 fully saturated rings. The van der Waals surface area contributed by atoms with Crippen LogP contribution >= 0.6 is 27.7 Å². The lowest BCUT2D eigenvalue weighted by atomic mass is 10.1. The van der Waals surface area contributed by atoms with Gasteiger partial charge >= 0.3 is 0 Å². The predicted octanol–water partition coefficient (Wildman–Crippen LogP) is 4.64. The molecule has 152 valence electrons. The normalized spacial score (nSPS) is 12.6. The molecule has 0 unspecified atom stereocenters. The lowest BCUT2D eigenvalue weighted by molar-refractivity contribution is 0.174. The number of nitrogens with two attached hydrogens (primary N) is 1. The number of ether oxygens (including phenoxy) is 2. The third-order valence-corrected chi connectivity index (χ3v) is 6.65. The number of aromatic nitrogens is 4. The van der Waals surface area contributed by atoms with Crippen molar-refractivity contribution in [1.82, 2.24) is 19.5 Å². The van der Waals surface area contributed by atoms with Crippen LogP contribution in [-0.4, -0.2) is 26.3 Å². The molecule has 9 heteroatoms. The quantitative estimate of drug-likeness (QED) is 0.427. The molecule has 0 spiro atoms. The topological polar surface area (TPSA) is 88.1 Å². The Labute approximate surface area is 186 Å². The number of nitrogen functional groups attached to an aromatic ring is 1. The largest absolute Gasteiger partial charge is 0.454 e. The lowest BCUT2D eigenvalue weighted by Gasteiger charge is -2.11. The zero-order valence-electron chi connectivity index (χ0n) is 15.9. The van der Waals surface area contributed by atoms with Crippen molar-refractivity contribution in [3.63, 3.8) is 0 Å². The van der Waals surface area contributed by atoms with Crippen molar-refractivity contribution in [2.75, 3.05) is 12.5 Å². The molecule has 3 aliphatic rings. The highest BCUT2D eigenvalue weighted by molar-refractivity contribution is 9.10. The van der Waals surface area contributed by atoms with Crippen LogP contribution in [0.4, 0.5) is 5.82 Å². The van der Waals surface area contributed by atoms with Gasteiger partial charge in [0.2, 0.25) is 6.79 Å². The monoisotopic (exact) mass is 483 g/mol. The zero-order valence-corrected chi connectivity index (χ0v) is 18.3. The van der Waals surface area contributed by atoms with Crippen LogP contribution in [0, 0.1) is 0 Å². The van der Waals surface area contributed by atoms with Crippen molar-refractivity contribution < 1.29 is 9.47 Å². The molecule has 0 saturated carbocycles. The van der Waals surface area contributed by atoms with E-state index in [9.17, 15) is 0 Å². The predicted molar refractivity (Wildman–Crippen MR) is 118 cm³/mol. The van der Waals surface area contributed by atoms with Crippen LogP contribution in [0.25, 0.3) is 11.5 Å². The Bertz CT molecular complexity index is 1170. The molecule has 3 aliphatic heterocycles. The van der Waals surface area contributed by atoms with Gasteiger partial charge in [-0.2, -0.15) is 0 Å². The van der Waals surface area contributed by atoms with Crippen molar-refractivity contribution in [3.05, 3.63) is 58.8 Å². The first-order valence-corrected chi connectivity index (χ1v) is 11.1.